The number of hydrogen-bond acceptors (Lipinski definition) is 6. The lowest BCUT2D eigenvalue weighted by Crippen LogP contribution is -2.47. The number of aliphatic carboxylic acids is 1. The van der Waals surface area contributed by atoms with E-state index in [0.29, 0.717) is 19.3 Å². The maximum atomic E-state index is 12.6. The summed E-state index contributed by atoms with van der Waals surface area (Å²) < 4.78 is 5.84. The minimum Gasteiger partial charge on any atom is -0.480 e. The van der Waals surface area contributed by atoms with Crippen LogP contribution in [0.25, 0.3) is 0 Å². The number of rotatable bonds is 33. The smallest absolute Gasteiger partial charge is 0.328 e. The van der Waals surface area contributed by atoms with Crippen LogP contribution in [0.4, 0.5) is 0 Å². The van der Waals surface area contributed by atoms with Crippen molar-refractivity contribution in [1.82, 2.24) is 10.6 Å². The highest BCUT2D eigenvalue weighted by Crippen LogP contribution is 2.13. The fraction of sp³-hybridized carbons (Fsp3) is 0.581. The molecular weight excluding hydrogens is 656 g/mol. The summed E-state index contributed by atoms with van der Waals surface area (Å²) in [6.45, 7) is 3.26. The molecule has 0 aliphatic carbocycles. The Morgan fingerprint density at radius 1 is 0.615 bits per heavy atom. The number of aliphatic hydroxyl groups excluding tert-OH is 1. The fourth-order valence-electron chi connectivity index (χ4n) is 4.87. The van der Waals surface area contributed by atoms with Crippen LogP contribution in [0.15, 0.2) is 85.1 Å². The summed E-state index contributed by atoms with van der Waals surface area (Å²) in [5.74, 6) is -2.51. The van der Waals surface area contributed by atoms with E-state index >= 15 is 0 Å². The summed E-state index contributed by atoms with van der Waals surface area (Å²) in [6.07, 6.45) is 46.3. The number of esters is 1. The van der Waals surface area contributed by atoms with E-state index in [0.717, 1.165) is 77.0 Å². The lowest BCUT2D eigenvalue weighted by molar-refractivity contribution is -0.147. The number of aliphatic hydroxyl groups is 1. The van der Waals surface area contributed by atoms with Gasteiger partial charge in [-0.15, -0.1) is 0 Å². The van der Waals surface area contributed by atoms with Crippen molar-refractivity contribution < 1.29 is 34.1 Å². The Morgan fingerprint density at radius 2 is 1.17 bits per heavy atom. The molecule has 0 aliphatic rings. The average molecular weight is 725 g/mol. The zero-order valence-electron chi connectivity index (χ0n) is 32.0. The largest absolute Gasteiger partial charge is 0.480 e. The number of carbonyl (C=O) groups excluding carboxylic acids is 3. The van der Waals surface area contributed by atoms with E-state index in [1.54, 1.807) is 0 Å². The van der Waals surface area contributed by atoms with Gasteiger partial charge in [0.25, 0.3) is 0 Å². The molecule has 9 nitrogen and oxygen atoms in total. The Labute approximate surface area is 314 Å². The van der Waals surface area contributed by atoms with Gasteiger partial charge in [-0.2, -0.15) is 0 Å². The van der Waals surface area contributed by atoms with Crippen molar-refractivity contribution >= 4 is 23.8 Å². The molecule has 0 aromatic carbocycles. The second-order valence-corrected chi connectivity index (χ2v) is 12.6. The molecule has 9 heteroatoms. The maximum absolute atomic E-state index is 12.6. The van der Waals surface area contributed by atoms with Crippen LogP contribution in [-0.4, -0.2) is 59.3 Å². The van der Waals surface area contributed by atoms with Gasteiger partial charge in [-0.1, -0.05) is 119 Å². The standard InChI is InChI=1S/C43H68N2O7/c1-3-5-7-9-11-13-14-15-16-17-18-19-20-21-23-25-31-35-42(49)52-38(32-28-24-22-12-10-8-6-4-2)33-29-26-27-30-34-40(47)44-36-41(48)45-39(37-46)43(50)51/h5,7,11-13,15-16,18-19,21-23,28,32,38-39,46H,3-4,6,8-10,14,17,20,24-27,29-31,33-37H2,1-2H3,(H,44,47)(H,45,48)(H,50,51)/b7-5-,13-11-,16-15-,19-18-,22-12-,23-21-,32-28-. The third-order valence-electron chi connectivity index (χ3n) is 7.86. The van der Waals surface area contributed by atoms with Crippen LogP contribution in [0.1, 0.15) is 136 Å². The van der Waals surface area contributed by atoms with Crippen molar-refractivity contribution in [3.05, 3.63) is 85.1 Å². The number of allylic oxidation sites excluding steroid dienone is 13. The molecule has 0 aromatic heterocycles. The molecule has 0 saturated heterocycles. The number of carbonyl (C=O) groups is 4. The van der Waals surface area contributed by atoms with E-state index in [4.69, 9.17) is 14.9 Å². The van der Waals surface area contributed by atoms with Crippen molar-refractivity contribution in [1.29, 1.82) is 0 Å². The number of amides is 2. The Kier molecular flexibility index (Phi) is 34.0. The molecule has 0 heterocycles. The van der Waals surface area contributed by atoms with Gasteiger partial charge in [0.05, 0.1) is 13.2 Å². The van der Waals surface area contributed by atoms with E-state index in [-0.39, 0.29) is 30.9 Å². The van der Waals surface area contributed by atoms with Crippen molar-refractivity contribution in [3.63, 3.8) is 0 Å². The number of unbranched alkanes of at least 4 members (excludes halogenated alkanes) is 7. The molecule has 4 N–H and O–H groups in total. The van der Waals surface area contributed by atoms with Gasteiger partial charge in [0.15, 0.2) is 0 Å². The van der Waals surface area contributed by atoms with Crippen LogP contribution in [0, 0.1) is 0 Å². The fourth-order valence-corrected chi connectivity index (χ4v) is 4.87. The first-order valence-electron chi connectivity index (χ1n) is 19.5. The first-order valence-corrected chi connectivity index (χ1v) is 19.5. The van der Waals surface area contributed by atoms with E-state index < -0.39 is 24.5 Å². The SMILES string of the molecule is CC/C=C\C/C=C\C/C=C\C/C=C\C/C=C\CCCC(=O)OC(/C=C\C/C=C\CCCCC)CCCCCCC(=O)NCC(=O)NC(CO)C(=O)O. The van der Waals surface area contributed by atoms with Gasteiger partial charge in [-0.05, 0) is 89.5 Å². The van der Waals surface area contributed by atoms with Gasteiger partial charge in [-0.3, -0.25) is 14.4 Å². The number of ether oxygens (including phenoxy) is 1. The topological polar surface area (TPSA) is 142 Å². The first-order chi connectivity index (χ1) is 25.3. The van der Waals surface area contributed by atoms with Crippen LogP contribution in [0.2, 0.25) is 0 Å². The van der Waals surface area contributed by atoms with E-state index in [9.17, 15) is 19.2 Å². The zero-order valence-corrected chi connectivity index (χ0v) is 32.0. The van der Waals surface area contributed by atoms with Crippen LogP contribution in [0.5, 0.6) is 0 Å². The Hall–Kier alpha value is -3.98. The van der Waals surface area contributed by atoms with Gasteiger partial charge >= 0.3 is 11.9 Å². The summed E-state index contributed by atoms with van der Waals surface area (Å²) in [4.78, 5) is 47.4. The van der Waals surface area contributed by atoms with E-state index in [1.165, 1.54) is 19.3 Å². The molecule has 2 amide bonds. The van der Waals surface area contributed by atoms with E-state index in [2.05, 4.69) is 103 Å². The predicted molar refractivity (Wildman–Crippen MR) is 213 cm³/mol. The molecule has 0 spiro atoms. The molecular formula is C43H68N2O7. The Bertz CT molecular complexity index is 1150. The van der Waals surface area contributed by atoms with Crippen LogP contribution in [-0.2, 0) is 23.9 Å². The van der Waals surface area contributed by atoms with Gasteiger partial charge in [0, 0.05) is 12.8 Å². The van der Waals surface area contributed by atoms with E-state index in [1.807, 2.05) is 6.08 Å². The summed E-state index contributed by atoms with van der Waals surface area (Å²) in [6, 6.07) is -1.40. The molecule has 0 fully saturated rings. The summed E-state index contributed by atoms with van der Waals surface area (Å²) in [5.41, 5.74) is 0. The molecule has 0 aromatic rings. The maximum Gasteiger partial charge on any atom is 0.328 e. The number of hydrogen-bond donors (Lipinski definition) is 4. The minimum absolute atomic E-state index is 0.188. The average Bonchev–Trinajstić information content (AvgIpc) is 3.13. The number of carboxylic acid groups (broad SMARTS) is 1. The molecule has 2 unspecified atom stereocenters. The minimum atomic E-state index is -1.40. The third kappa shape index (κ3) is 33.2. The summed E-state index contributed by atoms with van der Waals surface area (Å²) >= 11 is 0. The molecule has 292 valence electrons. The van der Waals surface area contributed by atoms with Crippen molar-refractivity contribution in [2.45, 2.75) is 148 Å². The van der Waals surface area contributed by atoms with Crippen molar-refractivity contribution in [2.75, 3.05) is 13.2 Å². The quantitative estimate of drug-likeness (QED) is 0.0301. The van der Waals surface area contributed by atoms with Crippen molar-refractivity contribution in [2.24, 2.45) is 0 Å². The van der Waals surface area contributed by atoms with Gasteiger partial charge < -0.3 is 25.6 Å². The highest BCUT2D eigenvalue weighted by atomic mass is 16.5. The third-order valence-corrected chi connectivity index (χ3v) is 7.86. The molecule has 0 radical (unpaired) electrons. The van der Waals surface area contributed by atoms with Gasteiger partial charge in [0.2, 0.25) is 11.8 Å². The second-order valence-electron chi connectivity index (χ2n) is 12.6. The Balaban J connectivity index is 4.45. The van der Waals surface area contributed by atoms with Crippen molar-refractivity contribution in [3.8, 4) is 0 Å². The van der Waals surface area contributed by atoms with Crippen LogP contribution in [0.3, 0.4) is 0 Å². The number of carboxylic acids is 1. The summed E-state index contributed by atoms with van der Waals surface area (Å²) in [7, 11) is 0. The number of nitrogens with one attached hydrogen (secondary N) is 2. The second kappa shape index (κ2) is 36.8. The highest BCUT2D eigenvalue weighted by molar-refractivity contribution is 5.87. The molecule has 52 heavy (non-hydrogen) atoms. The summed E-state index contributed by atoms with van der Waals surface area (Å²) in [5, 5.41) is 22.5. The molecule has 0 aliphatic heterocycles. The molecule has 0 rings (SSSR count). The highest BCUT2D eigenvalue weighted by Gasteiger charge is 2.18. The molecule has 2 atom stereocenters. The molecule has 0 saturated carbocycles. The lowest BCUT2D eigenvalue weighted by atomic mass is 10.1. The Morgan fingerprint density at radius 3 is 1.75 bits per heavy atom. The zero-order chi connectivity index (χ0) is 38.3. The normalized spacial score (nSPS) is 13.4. The first kappa shape index (κ1) is 48.0. The van der Waals surface area contributed by atoms with Crippen LogP contribution < -0.4 is 10.6 Å². The van der Waals surface area contributed by atoms with Gasteiger partial charge in [0.1, 0.15) is 12.1 Å². The van der Waals surface area contributed by atoms with Gasteiger partial charge in [-0.25, -0.2) is 4.79 Å². The lowest BCUT2D eigenvalue weighted by Gasteiger charge is -2.14. The van der Waals surface area contributed by atoms with Crippen LogP contribution >= 0.6 is 0 Å². The monoisotopic (exact) mass is 725 g/mol. The predicted octanol–water partition coefficient (Wildman–Crippen LogP) is 8.92. The molecule has 0 bridgehead atoms.